The van der Waals surface area contributed by atoms with Crippen LogP contribution in [0, 0.1) is 5.82 Å². The fourth-order valence-corrected chi connectivity index (χ4v) is 2.03. The van der Waals surface area contributed by atoms with Gasteiger partial charge in [0.25, 0.3) is 0 Å². The molecule has 0 aliphatic carbocycles. The molecule has 0 spiro atoms. The van der Waals surface area contributed by atoms with Crippen LogP contribution in [0.3, 0.4) is 0 Å². The van der Waals surface area contributed by atoms with Crippen molar-refractivity contribution in [2.75, 3.05) is 7.11 Å². The summed E-state index contributed by atoms with van der Waals surface area (Å²) in [6, 6.07) is 12.9. The highest BCUT2D eigenvalue weighted by Crippen LogP contribution is 2.27. The highest BCUT2D eigenvalue weighted by Gasteiger charge is 2.08. The molecule has 19 heavy (non-hydrogen) atoms. The van der Waals surface area contributed by atoms with Gasteiger partial charge < -0.3 is 10.5 Å². The van der Waals surface area contributed by atoms with Crippen molar-refractivity contribution in [2.24, 2.45) is 5.73 Å². The average molecular weight is 259 g/mol. The summed E-state index contributed by atoms with van der Waals surface area (Å²) in [5, 5.41) is 0. The van der Waals surface area contributed by atoms with Gasteiger partial charge in [-0.1, -0.05) is 31.2 Å². The van der Waals surface area contributed by atoms with Crippen LogP contribution in [0.5, 0.6) is 5.75 Å². The van der Waals surface area contributed by atoms with Crippen LogP contribution in [0.15, 0.2) is 42.5 Å². The number of benzene rings is 2. The lowest BCUT2D eigenvalue weighted by Crippen LogP contribution is -2.08. The third kappa shape index (κ3) is 2.93. The van der Waals surface area contributed by atoms with E-state index in [9.17, 15) is 4.39 Å². The highest BCUT2D eigenvalue weighted by atomic mass is 19.1. The van der Waals surface area contributed by atoms with Crippen LogP contribution in [-0.2, 0) is 0 Å². The van der Waals surface area contributed by atoms with Gasteiger partial charge in [-0.3, -0.25) is 0 Å². The van der Waals surface area contributed by atoms with E-state index >= 15 is 0 Å². The second-order valence-corrected chi connectivity index (χ2v) is 4.49. The number of ether oxygens (including phenoxy) is 1. The fraction of sp³-hybridized carbons (Fsp3) is 0.250. The van der Waals surface area contributed by atoms with E-state index < -0.39 is 0 Å². The van der Waals surface area contributed by atoms with E-state index in [1.165, 1.54) is 13.2 Å². The molecule has 0 aromatic heterocycles. The monoisotopic (exact) mass is 259 g/mol. The van der Waals surface area contributed by atoms with Gasteiger partial charge in [0.1, 0.15) is 0 Å². The Balaban J connectivity index is 2.39. The molecule has 0 amide bonds. The summed E-state index contributed by atoms with van der Waals surface area (Å²) >= 11 is 0. The molecular formula is C16H18FNO. The molecule has 0 saturated heterocycles. The maximum absolute atomic E-state index is 13.7. The van der Waals surface area contributed by atoms with Gasteiger partial charge in [-0.25, -0.2) is 4.39 Å². The number of nitrogens with two attached hydrogens (primary N) is 1. The lowest BCUT2D eigenvalue weighted by atomic mass is 9.98. The van der Waals surface area contributed by atoms with Crippen LogP contribution in [0.25, 0.3) is 11.1 Å². The molecule has 0 saturated carbocycles. The first-order valence-corrected chi connectivity index (χ1v) is 6.35. The number of methoxy groups -OCH3 is 1. The van der Waals surface area contributed by atoms with E-state index in [2.05, 4.69) is 0 Å². The summed E-state index contributed by atoms with van der Waals surface area (Å²) in [6.45, 7) is 2.05. The minimum Gasteiger partial charge on any atom is -0.494 e. The van der Waals surface area contributed by atoms with Crippen molar-refractivity contribution in [1.82, 2.24) is 0 Å². The zero-order chi connectivity index (χ0) is 13.8. The molecule has 0 aliphatic rings. The zero-order valence-corrected chi connectivity index (χ0v) is 11.2. The number of hydrogen-bond donors (Lipinski definition) is 1. The van der Waals surface area contributed by atoms with Crippen molar-refractivity contribution < 1.29 is 9.13 Å². The summed E-state index contributed by atoms with van der Waals surface area (Å²) in [7, 11) is 1.46. The highest BCUT2D eigenvalue weighted by molar-refractivity contribution is 5.65. The topological polar surface area (TPSA) is 35.2 Å². The molecule has 2 rings (SSSR count). The Morgan fingerprint density at radius 2 is 1.89 bits per heavy atom. The predicted molar refractivity (Wildman–Crippen MR) is 75.6 cm³/mol. The lowest BCUT2D eigenvalue weighted by molar-refractivity contribution is 0.386. The number of hydrogen-bond acceptors (Lipinski definition) is 2. The third-order valence-corrected chi connectivity index (χ3v) is 3.24. The first-order valence-electron chi connectivity index (χ1n) is 6.35. The zero-order valence-electron chi connectivity index (χ0n) is 11.2. The lowest BCUT2D eigenvalue weighted by Gasteiger charge is -2.11. The van der Waals surface area contributed by atoms with E-state index in [1.54, 1.807) is 6.07 Å². The normalized spacial score (nSPS) is 12.2. The first kappa shape index (κ1) is 13.6. The molecule has 0 heterocycles. The fourth-order valence-electron chi connectivity index (χ4n) is 2.03. The van der Waals surface area contributed by atoms with Gasteiger partial charge in [0.05, 0.1) is 7.11 Å². The van der Waals surface area contributed by atoms with Crippen molar-refractivity contribution in [2.45, 2.75) is 19.4 Å². The van der Waals surface area contributed by atoms with Crippen LogP contribution in [0.1, 0.15) is 24.9 Å². The summed E-state index contributed by atoms with van der Waals surface area (Å²) in [5.74, 6) is -0.102. The Kier molecular flexibility index (Phi) is 4.17. The van der Waals surface area contributed by atoms with Gasteiger partial charge >= 0.3 is 0 Å². The molecule has 2 aromatic rings. The van der Waals surface area contributed by atoms with E-state index in [4.69, 9.17) is 10.5 Å². The summed E-state index contributed by atoms with van der Waals surface area (Å²) in [4.78, 5) is 0. The predicted octanol–water partition coefficient (Wildman–Crippen LogP) is 3.91. The Labute approximate surface area is 113 Å². The molecule has 0 bridgehead atoms. The summed E-state index contributed by atoms with van der Waals surface area (Å²) in [5.41, 5.74) is 8.87. The molecule has 3 heteroatoms. The van der Waals surface area contributed by atoms with Gasteiger partial charge in [0.2, 0.25) is 0 Å². The van der Waals surface area contributed by atoms with Crippen molar-refractivity contribution in [3.63, 3.8) is 0 Å². The summed E-state index contributed by atoms with van der Waals surface area (Å²) < 4.78 is 18.6. The van der Waals surface area contributed by atoms with Crippen molar-refractivity contribution in [3.8, 4) is 16.9 Å². The molecule has 1 unspecified atom stereocenters. The molecule has 100 valence electrons. The number of halogens is 1. The minimum absolute atomic E-state index is 0.0167. The van der Waals surface area contributed by atoms with Gasteiger partial charge in [-0.15, -0.1) is 0 Å². The maximum atomic E-state index is 13.7. The molecule has 0 aliphatic heterocycles. The molecule has 1 atom stereocenters. The van der Waals surface area contributed by atoms with Crippen molar-refractivity contribution in [1.29, 1.82) is 0 Å². The van der Waals surface area contributed by atoms with E-state index in [0.717, 1.165) is 23.1 Å². The van der Waals surface area contributed by atoms with Crippen molar-refractivity contribution in [3.05, 3.63) is 53.8 Å². The van der Waals surface area contributed by atoms with Crippen LogP contribution < -0.4 is 10.5 Å². The molecule has 2 aromatic carbocycles. The Morgan fingerprint density at radius 3 is 2.53 bits per heavy atom. The second-order valence-electron chi connectivity index (χ2n) is 4.49. The Morgan fingerprint density at radius 1 is 1.16 bits per heavy atom. The van der Waals surface area contributed by atoms with Crippen molar-refractivity contribution >= 4 is 0 Å². The van der Waals surface area contributed by atoms with Crippen LogP contribution in [0.2, 0.25) is 0 Å². The van der Waals surface area contributed by atoms with E-state index in [1.807, 2.05) is 37.3 Å². The Bertz CT molecular complexity index is 568. The Hall–Kier alpha value is -1.87. The van der Waals surface area contributed by atoms with Crippen LogP contribution in [-0.4, -0.2) is 7.11 Å². The van der Waals surface area contributed by atoms with Gasteiger partial charge in [-0.2, -0.15) is 0 Å². The van der Waals surface area contributed by atoms with Crippen LogP contribution >= 0.6 is 0 Å². The van der Waals surface area contributed by atoms with E-state index in [0.29, 0.717) is 0 Å². The number of rotatable bonds is 4. The van der Waals surface area contributed by atoms with Gasteiger partial charge in [0, 0.05) is 6.04 Å². The smallest absolute Gasteiger partial charge is 0.165 e. The quantitative estimate of drug-likeness (QED) is 0.903. The standard InChI is InChI=1S/C16H18FNO/c1-3-15(18)13-6-4-5-11(9-13)12-7-8-16(19-2)14(17)10-12/h4-10,15H,3,18H2,1-2H3. The maximum Gasteiger partial charge on any atom is 0.165 e. The van der Waals surface area contributed by atoms with Gasteiger partial charge in [-0.05, 0) is 41.3 Å². The molecule has 2 N–H and O–H groups in total. The SMILES string of the molecule is CCC(N)c1cccc(-c2ccc(OC)c(F)c2)c1. The molecular weight excluding hydrogens is 241 g/mol. The second kappa shape index (κ2) is 5.85. The average Bonchev–Trinajstić information content (AvgIpc) is 2.46. The first-order chi connectivity index (χ1) is 9.15. The molecule has 0 radical (unpaired) electrons. The van der Waals surface area contributed by atoms with Crippen LogP contribution in [0.4, 0.5) is 4.39 Å². The third-order valence-electron chi connectivity index (χ3n) is 3.24. The van der Waals surface area contributed by atoms with Gasteiger partial charge in [0.15, 0.2) is 11.6 Å². The largest absolute Gasteiger partial charge is 0.494 e. The van der Waals surface area contributed by atoms with E-state index in [-0.39, 0.29) is 17.6 Å². The molecule has 2 nitrogen and oxygen atoms in total. The molecule has 0 fully saturated rings. The summed E-state index contributed by atoms with van der Waals surface area (Å²) in [6.07, 6.45) is 0.875. The minimum atomic E-state index is -0.356.